The fourth-order valence-corrected chi connectivity index (χ4v) is 4.20. The molecule has 0 radical (unpaired) electrons. The lowest BCUT2D eigenvalue weighted by atomic mass is 9.92. The molecule has 28 heavy (non-hydrogen) atoms. The highest BCUT2D eigenvalue weighted by molar-refractivity contribution is 6.30. The molecule has 0 saturated carbocycles. The Balaban J connectivity index is 1.70. The topological polar surface area (TPSA) is 55.1 Å². The van der Waals surface area contributed by atoms with Crippen LogP contribution in [0.4, 0.5) is 5.69 Å². The maximum absolute atomic E-state index is 13.2. The van der Waals surface area contributed by atoms with Crippen LogP contribution in [0.1, 0.15) is 32.6 Å². The van der Waals surface area contributed by atoms with Gasteiger partial charge in [-0.05, 0) is 84.8 Å². The second-order valence-electron chi connectivity index (χ2n) is 7.62. The van der Waals surface area contributed by atoms with E-state index in [4.69, 9.17) is 17.3 Å². The molecule has 0 unspecified atom stereocenters. The van der Waals surface area contributed by atoms with E-state index in [1.54, 1.807) is 0 Å². The summed E-state index contributed by atoms with van der Waals surface area (Å²) in [4.78, 5) is 13.2. The van der Waals surface area contributed by atoms with Gasteiger partial charge in [0.1, 0.15) is 0 Å². The lowest BCUT2D eigenvalue weighted by molar-refractivity contribution is 0.102. The summed E-state index contributed by atoms with van der Waals surface area (Å²) < 4.78 is 0. The number of fused-ring (bicyclic) bond motifs is 1. The molecule has 0 spiro atoms. The molecule has 1 atom stereocenters. The van der Waals surface area contributed by atoms with E-state index < -0.39 is 0 Å². The van der Waals surface area contributed by atoms with Crippen LogP contribution in [-0.4, -0.2) is 11.9 Å². The van der Waals surface area contributed by atoms with Crippen LogP contribution >= 0.6 is 11.6 Å². The van der Waals surface area contributed by atoms with Crippen molar-refractivity contribution in [2.45, 2.75) is 32.7 Å². The molecule has 3 aromatic carbocycles. The number of hydrogen-bond acceptors (Lipinski definition) is 2. The molecule has 0 saturated heterocycles. The van der Waals surface area contributed by atoms with E-state index in [9.17, 15) is 4.79 Å². The number of nitrogens with one attached hydrogen (secondary N) is 1. The fourth-order valence-electron chi connectivity index (χ4n) is 4.07. The van der Waals surface area contributed by atoms with Crippen molar-refractivity contribution in [2.24, 2.45) is 5.73 Å². The van der Waals surface area contributed by atoms with Gasteiger partial charge in [-0.2, -0.15) is 0 Å². The van der Waals surface area contributed by atoms with Crippen LogP contribution in [0.25, 0.3) is 11.1 Å². The first-order valence-electron chi connectivity index (χ1n) is 9.46. The Kier molecular flexibility index (Phi) is 4.96. The van der Waals surface area contributed by atoms with Crippen LogP contribution in [0.2, 0.25) is 5.02 Å². The second kappa shape index (κ2) is 7.42. The second-order valence-corrected chi connectivity index (χ2v) is 8.05. The van der Waals surface area contributed by atoms with Crippen molar-refractivity contribution >= 4 is 23.2 Å². The summed E-state index contributed by atoms with van der Waals surface area (Å²) in [6.45, 7) is 4.04. The number of anilines is 1. The third-order valence-electron chi connectivity index (χ3n) is 5.29. The molecule has 1 amide bonds. The van der Waals surface area contributed by atoms with E-state index in [0.717, 1.165) is 40.8 Å². The number of hydrogen-bond donors (Lipinski definition) is 2. The van der Waals surface area contributed by atoms with Gasteiger partial charge in [0, 0.05) is 22.3 Å². The van der Waals surface area contributed by atoms with E-state index in [1.165, 1.54) is 11.1 Å². The fraction of sp³-hybridized carbons (Fsp3) is 0.208. The predicted octanol–water partition coefficient (Wildman–Crippen LogP) is 5.30. The summed E-state index contributed by atoms with van der Waals surface area (Å²) in [5.41, 5.74) is 14.1. The first kappa shape index (κ1) is 18.7. The van der Waals surface area contributed by atoms with Crippen LogP contribution in [0, 0.1) is 13.8 Å². The maximum atomic E-state index is 13.2. The van der Waals surface area contributed by atoms with E-state index in [0.29, 0.717) is 10.6 Å². The molecular weight excluding hydrogens is 368 g/mol. The smallest absolute Gasteiger partial charge is 0.256 e. The summed E-state index contributed by atoms with van der Waals surface area (Å²) in [5.74, 6) is -0.112. The van der Waals surface area contributed by atoms with Crippen LogP contribution in [0.15, 0.2) is 54.6 Å². The van der Waals surface area contributed by atoms with Crippen molar-refractivity contribution in [1.82, 2.24) is 0 Å². The maximum Gasteiger partial charge on any atom is 0.256 e. The molecule has 142 valence electrons. The van der Waals surface area contributed by atoms with Crippen molar-refractivity contribution in [2.75, 3.05) is 5.32 Å². The summed E-state index contributed by atoms with van der Waals surface area (Å²) in [5, 5.41) is 3.75. The molecule has 3 nitrogen and oxygen atoms in total. The summed E-state index contributed by atoms with van der Waals surface area (Å²) in [7, 11) is 0. The number of rotatable bonds is 3. The predicted molar refractivity (Wildman–Crippen MR) is 116 cm³/mol. The molecular formula is C24H23ClN2O. The highest BCUT2D eigenvalue weighted by Crippen LogP contribution is 2.31. The molecule has 0 fully saturated rings. The summed E-state index contributed by atoms with van der Waals surface area (Å²) in [6.07, 6.45) is 1.76. The highest BCUT2D eigenvalue weighted by atomic mass is 35.5. The molecule has 0 heterocycles. The van der Waals surface area contributed by atoms with Crippen LogP contribution in [0.3, 0.4) is 0 Å². The van der Waals surface area contributed by atoms with Gasteiger partial charge in [-0.15, -0.1) is 0 Å². The van der Waals surface area contributed by atoms with Crippen LogP contribution < -0.4 is 11.1 Å². The number of carbonyl (C=O) groups excluding carboxylic acids is 1. The van der Waals surface area contributed by atoms with E-state index in [1.807, 2.05) is 56.3 Å². The molecule has 1 aliphatic carbocycles. The molecule has 4 rings (SSSR count). The molecule has 1 aliphatic rings. The van der Waals surface area contributed by atoms with E-state index in [-0.39, 0.29) is 11.9 Å². The van der Waals surface area contributed by atoms with Crippen molar-refractivity contribution in [3.63, 3.8) is 0 Å². The Morgan fingerprint density at radius 2 is 1.71 bits per heavy atom. The van der Waals surface area contributed by atoms with Crippen LogP contribution in [-0.2, 0) is 12.8 Å². The standard InChI is InChI=1S/C24H23ClN2O/c1-14-9-15(2)23(16-3-6-19(25)7-4-16)22(10-14)24(28)27-21-8-5-17-11-20(26)12-18(17)13-21/h3-10,13,20H,11-12,26H2,1-2H3,(H,27,28)/t20-/m1/s1. The van der Waals surface area contributed by atoms with Gasteiger partial charge in [0.05, 0.1) is 0 Å². The third-order valence-corrected chi connectivity index (χ3v) is 5.54. The van der Waals surface area contributed by atoms with Gasteiger partial charge >= 0.3 is 0 Å². The Morgan fingerprint density at radius 1 is 1.00 bits per heavy atom. The number of amides is 1. The van der Waals surface area contributed by atoms with Gasteiger partial charge < -0.3 is 11.1 Å². The lowest BCUT2D eigenvalue weighted by Gasteiger charge is -2.15. The van der Waals surface area contributed by atoms with Gasteiger partial charge in [-0.25, -0.2) is 0 Å². The van der Waals surface area contributed by atoms with E-state index >= 15 is 0 Å². The minimum Gasteiger partial charge on any atom is -0.327 e. The molecule has 3 N–H and O–H groups in total. The van der Waals surface area contributed by atoms with Crippen LogP contribution in [0.5, 0.6) is 0 Å². The Morgan fingerprint density at radius 3 is 2.46 bits per heavy atom. The third kappa shape index (κ3) is 3.68. The molecule has 4 heteroatoms. The summed E-state index contributed by atoms with van der Waals surface area (Å²) >= 11 is 6.04. The number of benzene rings is 3. The molecule has 0 aromatic heterocycles. The average molecular weight is 391 g/mol. The quantitative estimate of drug-likeness (QED) is 0.637. The zero-order chi connectivity index (χ0) is 19.8. The minimum atomic E-state index is -0.112. The first-order valence-corrected chi connectivity index (χ1v) is 9.84. The zero-order valence-electron chi connectivity index (χ0n) is 16.1. The first-order chi connectivity index (χ1) is 13.4. The van der Waals surface area contributed by atoms with Gasteiger partial charge in [-0.3, -0.25) is 4.79 Å². The van der Waals surface area contributed by atoms with Crippen molar-refractivity contribution in [3.05, 3.63) is 87.4 Å². The number of aryl methyl sites for hydroxylation is 2. The van der Waals surface area contributed by atoms with Crippen molar-refractivity contribution < 1.29 is 4.79 Å². The average Bonchev–Trinajstić information content (AvgIpc) is 3.01. The molecule has 0 aliphatic heterocycles. The monoisotopic (exact) mass is 390 g/mol. The normalized spacial score (nSPS) is 15.4. The Labute approximate surface area is 170 Å². The van der Waals surface area contributed by atoms with Gasteiger partial charge in [0.15, 0.2) is 0 Å². The highest BCUT2D eigenvalue weighted by Gasteiger charge is 2.20. The Hall–Kier alpha value is -2.62. The van der Waals surface area contributed by atoms with Crippen molar-refractivity contribution in [3.8, 4) is 11.1 Å². The SMILES string of the molecule is Cc1cc(C)c(-c2ccc(Cl)cc2)c(C(=O)Nc2ccc3c(c2)C[C@H](N)C3)c1. The largest absolute Gasteiger partial charge is 0.327 e. The number of carbonyl (C=O) groups is 1. The lowest BCUT2D eigenvalue weighted by Crippen LogP contribution is -2.19. The van der Waals surface area contributed by atoms with Gasteiger partial charge in [0.25, 0.3) is 5.91 Å². The molecule has 0 bridgehead atoms. The van der Waals surface area contributed by atoms with Gasteiger partial charge in [0.2, 0.25) is 0 Å². The number of nitrogens with two attached hydrogens (primary N) is 1. The van der Waals surface area contributed by atoms with Crippen molar-refractivity contribution in [1.29, 1.82) is 0 Å². The zero-order valence-corrected chi connectivity index (χ0v) is 16.8. The number of halogens is 1. The Bertz CT molecular complexity index is 1060. The van der Waals surface area contributed by atoms with Gasteiger partial charge in [-0.1, -0.05) is 41.4 Å². The van der Waals surface area contributed by atoms with E-state index in [2.05, 4.69) is 17.4 Å². The molecule has 3 aromatic rings. The summed E-state index contributed by atoms with van der Waals surface area (Å²) in [6, 6.07) is 17.9. The minimum absolute atomic E-state index is 0.112.